The maximum Gasteiger partial charge on any atom is 0.335 e. The number of allylic oxidation sites excluding steroid dienone is 1. The number of aromatic carboxylic acids is 1. The van der Waals surface area contributed by atoms with E-state index in [1.165, 1.54) is 71.0 Å². The molecule has 0 saturated heterocycles. The number of nitrogens with zero attached hydrogens (tertiary/aromatic N) is 1. The van der Waals surface area contributed by atoms with Crippen LogP contribution in [0.3, 0.4) is 0 Å². The second kappa shape index (κ2) is 6.91. The van der Waals surface area contributed by atoms with Gasteiger partial charge in [0.2, 0.25) is 0 Å². The minimum atomic E-state index is -0.862. The lowest BCUT2D eigenvalue weighted by Gasteiger charge is -2.24. The summed E-state index contributed by atoms with van der Waals surface area (Å²) in [5, 5.41) is 10.8. The van der Waals surface area contributed by atoms with Crippen LogP contribution in [0, 0.1) is 6.92 Å². The fourth-order valence-corrected chi connectivity index (χ4v) is 5.35. The standard InChI is InChI=1S/C26H27NO2/c1-16-8-10-21-20(12-16)13-17(2)15-27-23-14-19(26(28)29)9-11-22(23)24(25(21)27)18-6-4-3-5-7-18/h8-14,18H,3-7,15H2,1-2H3,(H,28,29). The van der Waals surface area contributed by atoms with E-state index >= 15 is 0 Å². The predicted octanol–water partition coefficient (Wildman–Crippen LogP) is 6.78. The number of rotatable bonds is 2. The van der Waals surface area contributed by atoms with Crippen LogP contribution in [0.5, 0.6) is 0 Å². The molecule has 3 aromatic rings. The van der Waals surface area contributed by atoms with Gasteiger partial charge in [-0.05, 0) is 55.9 Å². The molecule has 0 spiro atoms. The molecule has 1 aromatic heterocycles. The smallest absolute Gasteiger partial charge is 0.335 e. The minimum absolute atomic E-state index is 0.364. The highest BCUT2D eigenvalue weighted by Gasteiger charge is 2.28. The molecule has 2 aliphatic rings. The monoisotopic (exact) mass is 385 g/mol. The second-order valence-electron chi connectivity index (χ2n) is 8.80. The lowest BCUT2D eigenvalue weighted by molar-refractivity contribution is 0.0697. The number of carboxylic acids is 1. The molecular weight excluding hydrogens is 358 g/mol. The van der Waals surface area contributed by atoms with Crippen molar-refractivity contribution in [2.75, 3.05) is 0 Å². The molecule has 0 atom stereocenters. The van der Waals surface area contributed by atoms with Crippen molar-refractivity contribution in [2.24, 2.45) is 0 Å². The minimum Gasteiger partial charge on any atom is -0.478 e. The first-order valence-electron chi connectivity index (χ1n) is 10.7. The third-order valence-electron chi connectivity index (χ3n) is 6.64. The summed E-state index contributed by atoms with van der Waals surface area (Å²) < 4.78 is 2.37. The van der Waals surface area contributed by atoms with E-state index in [-0.39, 0.29) is 0 Å². The van der Waals surface area contributed by atoms with E-state index in [1.54, 1.807) is 6.07 Å². The lowest BCUT2D eigenvalue weighted by Crippen LogP contribution is -2.07. The van der Waals surface area contributed by atoms with E-state index in [0.29, 0.717) is 11.5 Å². The van der Waals surface area contributed by atoms with E-state index in [1.807, 2.05) is 6.07 Å². The number of carboxylic acid groups (broad SMARTS) is 1. The number of aromatic nitrogens is 1. The van der Waals surface area contributed by atoms with Crippen LogP contribution in [0.15, 0.2) is 42.0 Å². The van der Waals surface area contributed by atoms with Crippen molar-refractivity contribution in [3.63, 3.8) is 0 Å². The molecule has 0 radical (unpaired) electrons. The van der Waals surface area contributed by atoms with Gasteiger partial charge in [-0.15, -0.1) is 0 Å². The molecule has 148 valence electrons. The molecule has 5 rings (SSSR count). The van der Waals surface area contributed by atoms with Gasteiger partial charge in [-0.25, -0.2) is 4.79 Å². The van der Waals surface area contributed by atoms with Gasteiger partial charge in [-0.1, -0.05) is 60.7 Å². The average Bonchev–Trinajstić information content (AvgIpc) is 2.93. The summed E-state index contributed by atoms with van der Waals surface area (Å²) in [5.41, 5.74) is 9.28. The number of fused-ring (bicyclic) bond motifs is 5. The summed E-state index contributed by atoms with van der Waals surface area (Å²) >= 11 is 0. The average molecular weight is 386 g/mol. The summed E-state index contributed by atoms with van der Waals surface area (Å²) in [7, 11) is 0. The quantitative estimate of drug-likeness (QED) is 0.528. The van der Waals surface area contributed by atoms with Crippen molar-refractivity contribution >= 4 is 22.9 Å². The van der Waals surface area contributed by atoms with Crippen LogP contribution in [-0.2, 0) is 6.54 Å². The molecule has 3 nitrogen and oxygen atoms in total. The van der Waals surface area contributed by atoms with Crippen LogP contribution in [0.4, 0.5) is 0 Å². The summed E-state index contributed by atoms with van der Waals surface area (Å²) in [6, 6.07) is 12.4. The molecule has 0 bridgehead atoms. The maximum atomic E-state index is 11.7. The van der Waals surface area contributed by atoms with Crippen molar-refractivity contribution in [3.05, 3.63) is 64.2 Å². The van der Waals surface area contributed by atoms with Crippen LogP contribution >= 0.6 is 0 Å². The van der Waals surface area contributed by atoms with E-state index in [4.69, 9.17) is 0 Å². The van der Waals surface area contributed by atoms with Gasteiger partial charge in [0.15, 0.2) is 0 Å². The Morgan fingerprint density at radius 2 is 1.83 bits per heavy atom. The third kappa shape index (κ3) is 3.00. The lowest BCUT2D eigenvalue weighted by atomic mass is 9.81. The van der Waals surface area contributed by atoms with Gasteiger partial charge in [0.05, 0.1) is 11.3 Å². The van der Waals surface area contributed by atoms with E-state index in [0.717, 1.165) is 12.1 Å². The summed E-state index contributed by atoms with van der Waals surface area (Å²) in [5.74, 6) is -0.315. The molecule has 29 heavy (non-hydrogen) atoms. The van der Waals surface area contributed by atoms with Gasteiger partial charge in [0.25, 0.3) is 0 Å². The van der Waals surface area contributed by atoms with Crippen molar-refractivity contribution in [1.82, 2.24) is 4.57 Å². The molecule has 0 amide bonds. The van der Waals surface area contributed by atoms with Gasteiger partial charge in [-0.2, -0.15) is 0 Å². The van der Waals surface area contributed by atoms with Crippen LogP contribution in [0.25, 0.3) is 28.2 Å². The SMILES string of the molecule is CC1=Cc2cc(C)ccc2-c2c(C3CCCCC3)c3ccc(C(=O)O)cc3n2C1. The van der Waals surface area contributed by atoms with E-state index in [2.05, 4.69) is 48.8 Å². The zero-order chi connectivity index (χ0) is 20.1. The number of aryl methyl sites for hydroxylation is 1. The Morgan fingerprint density at radius 1 is 1.03 bits per heavy atom. The Morgan fingerprint density at radius 3 is 2.59 bits per heavy atom. The van der Waals surface area contributed by atoms with E-state index in [9.17, 15) is 9.90 Å². The van der Waals surface area contributed by atoms with Crippen molar-refractivity contribution in [2.45, 2.75) is 58.4 Å². The molecule has 1 aliphatic heterocycles. The zero-order valence-corrected chi connectivity index (χ0v) is 17.2. The highest BCUT2D eigenvalue weighted by molar-refractivity contribution is 5.99. The largest absolute Gasteiger partial charge is 0.478 e. The molecule has 2 heterocycles. The molecular formula is C26H27NO2. The first-order chi connectivity index (χ1) is 14.0. The summed E-state index contributed by atoms with van der Waals surface area (Å²) in [6.45, 7) is 5.12. The Balaban J connectivity index is 1.87. The third-order valence-corrected chi connectivity index (χ3v) is 6.64. The van der Waals surface area contributed by atoms with Crippen molar-refractivity contribution < 1.29 is 9.90 Å². The highest BCUT2D eigenvalue weighted by atomic mass is 16.4. The van der Waals surface area contributed by atoms with Gasteiger partial charge in [0, 0.05) is 23.0 Å². The number of benzene rings is 2. The van der Waals surface area contributed by atoms with Crippen molar-refractivity contribution in [1.29, 1.82) is 0 Å². The zero-order valence-electron chi connectivity index (χ0n) is 17.2. The number of hydrogen-bond acceptors (Lipinski definition) is 1. The first-order valence-corrected chi connectivity index (χ1v) is 10.7. The van der Waals surface area contributed by atoms with Gasteiger partial charge in [-0.3, -0.25) is 0 Å². The molecule has 1 fully saturated rings. The summed E-state index contributed by atoms with van der Waals surface area (Å²) in [4.78, 5) is 11.7. The van der Waals surface area contributed by atoms with Crippen LogP contribution < -0.4 is 0 Å². The Kier molecular flexibility index (Phi) is 4.34. The Hall–Kier alpha value is -2.81. The topological polar surface area (TPSA) is 42.2 Å². The molecule has 2 aromatic carbocycles. The number of hydrogen-bond donors (Lipinski definition) is 1. The number of carbonyl (C=O) groups is 1. The predicted molar refractivity (Wildman–Crippen MR) is 119 cm³/mol. The molecule has 1 aliphatic carbocycles. The Bertz CT molecular complexity index is 1160. The normalized spacial score (nSPS) is 16.8. The fourth-order valence-electron chi connectivity index (χ4n) is 5.35. The van der Waals surface area contributed by atoms with Crippen molar-refractivity contribution in [3.8, 4) is 11.3 Å². The van der Waals surface area contributed by atoms with Crippen LogP contribution in [0.1, 0.15) is 72.0 Å². The highest BCUT2D eigenvalue weighted by Crippen LogP contribution is 2.46. The fraction of sp³-hybridized carbons (Fsp3) is 0.346. The van der Waals surface area contributed by atoms with Crippen LogP contribution in [0.2, 0.25) is 0 Å². The molecule has 1 saturated carbocycles. The van der Waals surface area contributed by atoms with Crippen LogP contribution in [-0.4, -0.2) is 15.6 Å². The Labute approximate surface area is 171 Å². The molecule has 0 unspecified atom stereocenters. The molecule has 1 N–H and O–H groups in total. The van der Waals surface area contributed by atoms with Gasteiger partial charge < -0.3 is 9.67 Å². The first kappa shape index (κ1) is 18.2. The van der Waals surface area contributed by atoms with E-state index < -0.39 is 5.97 Å². The second-order valence-corrected chi connectivity index (χ2v) is 8.80. The van der Waals surface area contributed by atoms with Gasteiger partial charge in [0.1, 0.15) is 0 Å². The maximum absolute atomic E-state index is 11.7. The van der Waals surface area contributed by atoms with Gasteiger partial charge >= 0.3 is 5.97 Å². The summed E-state index contributed by atoms with van der Waals surface area (Å²) in [6.07, 6.45) is 8.63. The molecule has 3 heteroatoms.